The molecule has 0 atom stereocenters. The number of benzene rings is 1. The Morgan fingerprint density at radius 3 is 2.00 bits per heavy atom. The van der Waals surface area contributed by atoms with Gasteiger partial charge in [0.05, 0.1) is 13.2 Å². The maximum Gasteiger partial charge on any atom is 0.573 e. The monoisotopic (exact) mass is 348 g/mol. The van der Waals surface area contributed by atoms with Crippen LogP contribution in [0.1, 0.15) is 38.5 Å². The minimum absolute atomic E-state index is 0.240. The molecule has 134 valence electrons. The summed E-state index contributed by atoms with van der Waals surface area (Å²) in [5, 5.41) is 0. The van der Waals surface area contributed by atoms with Crippen LogP contribution in [0.5, 0.6) is 17.2 Å². The van der Waals surface area contributed by atoms with E-state index < -0.39 is 17.9 Å². The van der Waals surface area contributed by atoms with Crippen molar-refractivity contribution in [3.05, 3.63) is 17.9 Å². The van der Waals surface area contributed by atoms with E-state index in [0.717, 1.165) is 38.5 Å². The summed E-state index contributed by atoms with van der Waals surface area (Å²) in [5.74, 6) is -1.96. The summed E-state index contributed by atoms with van der Waals surface area (Å²) in [6.07, 6.45) is 1.11. The molecule has 0 heterocycles. The summed E-state index contributed by atoms with van der Waals surface area (Å²) in [6.45, 7) is 0.556. The van der Waals surface area contributed by atoms with E-state index in [-0.39, 0.29) is 24.0 Å². The zero-order valence-corrected chi connectivity index (χ0v) is 13.2. The molecule has 3 nitrogen and oxygen atoms in total. The minimum Gasteiger partial charge on any atom is -0.490 e. The number of halogens is 4. The molecule has 0 spiro atoms. The lowest BCUT2D eigenvalue weighted by molar-refractivity contribution is -0.276. The third-order valence-electron chi connectivity index (χ3n) is 4.36. The van der Waals surface area contributed by atoms with Crippen LogP contribution in [-0.2, 0) is 0 Å². The predicted molar refractivity (Wildman–Crippen MR) is 78.8 cm³/mol. The Labute approximate surface area is 137 Å². The standard InChI is InChI=1S/C17H20F4O3/c18-15-13(22-10-12-5-6-12)7-8-14(16(15)24-17(19,20)21)23-9-11-3-1-2-4-11/h7-8,11-12H,1-6,9-10H2. The van der Waals surface area contributed by atoms with Gasteiger partial charge in [0, 0.05) is 0 Å². The lowest BCUT2D eigenvalue weighted by atomic mass is 10.1. The lowest BCUT2D eigenvalue weighted by Gasteiger charge is -2.18. The van der Waals surface area contributed by atoms with Crippen LogP contribution in [0.25, 0.3) is 0 Å². The minimum atomic E-state index is -5.00. The fourth-order valence-electron chi connectivity index (χ4n) is 2.83. The summed E-state index contributed by atoms with van der Waals surface area (Å²) >= 11 is 0. The molecule has 3 rings (SSSR count). The van der Waals surface area contributed by atoms with Gasteiger partial charge >= 0.3 is 6.36 Å². The van der Waals surface area contributed by atoms with Gasteiger partial charge in [-0.2, -0.15) is 4.39 Å². The van der Waals surface area contributed by atoms with E-state index in [0.29, 0.717) is 12.5 Å². The Bertz CT molecular complexity index is 564. The molecule has 2 aliphatic rings. The smallest absolute Gasteiger partial charge is 0.490 e. The van der Waals surface area contributed by atoms with Crippen LogP contribution in [0.4, 0.5) is 17.6 Å². The molecule has 7 heteroatoms. The molecule has 0 aromatic heterocycles. The molecule has 0 unspecified atom stereocenters. The highest BCUT2D eigenvalue weighted by Crippen LogP contribution is 2.40. The lowest BCUT2D eigenvalue weighted by Crippen LogP contribution is -2.19. The van der Waals surface area contributed by atoms with Crippen molar-refractivity contribution in [1.82, 2.24) is 0 Å². The number of hydrogen-bond acceptors (Lipinski definition) is 3. The number of hydrogen-bond donors (Lipinski definition) is 0. The van der Waals surface area contributed by atoms with Gasteiger partial charge in [0.15, 0.2) is 11.5 Å². The van der Waals surface area contributed by atoms with Gasteiger partial charge in [-0.25, -0.2) is 0 Å². The molecule has 1 aromatic rings. The van der Waals surface area contributed by atoms with Gasteiger partial charge in [0.1, 0.15) is 0 Å². The first-order valence-electron chi connectivity index (χ1n) is 8.26. The molecule has 0 saturated heterocycles. The van der Waals surface area contributed by atoms with Gasteiger partial charge in [-0.15, -0.1) is 13.2 Å². The fraction of sp³-hybridized carbons (Fsp3) is 0.647. The van der Waals surface area contributed by atoms with Crippen LogP contribution in [-0.4, -0.2) is 19.6 Å². The van der Waals surface area contributed by atoms with Crippen molar-refractivity contribution in [3.8, 4) is 17.2 Å². The number of rotatable bonds is 7. The van der Waals surface area contributed by atoms with Crippen LogP contribution < -0.4 is 14.2 Å². The number of ether oxygens (including phenoxy) is 3. The van der Waals surface area contributed by atoms with E-state index in [4.69, 9.17) is 9.47 Å². The maximum absolute atomic E-state index is 14.4. The van der Waals surface area contributed by atoms with Crippen molar-refractivity contribution in [2.75, 3.05) is 13.2 Å². The molecule has 2 fully saturated rings. The maximum atomic E-state index is 14.4. The summed E-state index contributed by atoms with van der Waals surface area (Å²) < 4.78 is 66.8. The molecular formula is C17H20F4O3. The summed E-state index contributed by atoms with van der Waals surface area (Å²) in [7, 11) is 0. The Kier molecular flexibility index (Phi) is 5.06. The van der Waals surface area contributed by atoms with Crippen molar-refractivity contribution in [3.63, 3.8) is 0 Å². The molecule has 24 heavy (non-hydrogen) atoms. The van der Waals surface area contributed by atoms with E-state index in [1.807, 2.05) is 0 Å². The van der Waals surface area contributed by atoms with Gasteiger partial charge in [0.25, 0.3) is 0 Å². The molecule has 2 saturated carbocycles. The molecular weight excluding hydrogens is 328 g/mol. The Morgan fingerprint density at radius 1 is 0.875 bits per heavy atom. The van der Waals surface area contributed by atoms with Crippen molar-refractivity contribution < 1.29 is 31.8 Å². The van der Waals surface area contributed by atoms with Gasteiger partial charge in [-0.3, -0.25) is 0 Å². The van der Waals surface area contributed by atoms with E-state index in [9.17, 15) is 17.6 Å². The van der Waals surface area contributed by atoms with E-state index in [1.165, 1.54) is 12.1 Å². The van der Waals surface area contributed by atoms with E-state index in [2.05, 4.69) is 4.74 Å². The van der Waals surface area contributed by atoms with Crippen LogP contribution in [0, 0.1) is 17.7 Å². The van der Waals surface area contributed by atoms with Gasteiger partial charge < -0.3 is 14.2 Å². The zero-order valence-electron chi connectivity index (χ0n) is 13.2. The Morgan fingerprint density at radius 2 is 1.42 bits per heavy atom. The molecule has 0 bridgehead atoms. The van der Waals surface area contributed by atoms with Gasteiger partial charge in [-0.05, 0) is 49.7 Å². The second kappa shape index (κ2) is 7.07. The Balaban J connectivity index is 1.75. The molecule has 1 aromatic carbocycles. The SMILES string of the molecule is Fc1c(OCC2CC2)ccc(OCC2CCCC2)c1OC(F)(F)F. The van der Waals surface area contributed by atoms with Gasteiger partial charge in [-0.1, -0.05) is 12.8 Å². The van der Waals surface area contributed by atoms with E-state index in [1.54, 1.807) is 0 Å². The molecule has 2 aliphatic carbocycles. The first-order valence-corrected chi connectivity index (χ1v) is 8.26. The van der Waals surface area contributed by atoms with Crippen LogP contribution in [0.15, 0.2) is 12.1 Å². The summed E-state index contributed by atoms with van der Waals surface area (Å²) in [5.41, 5.74) is 0. The van der Waals surface area contributed by atoms with Gasteiger partial charge in [0.2, 0.25) is 11.6 Å². The van der Waals surface area contributed by atoms with Crippen molar-refractivity contribution in [2.24, 2.45) is 11.8 Å². The average molecular weight is 348 g/mol. The predicted octanol–water partition coefficient (Wildman–Crippen LogP) is 5.08. The quantitative estimate of drug-likeness (QED) is 0.643. The van der Waals surface area contributed by atoms with Crippen LogP contribution in [0.3, 0.4) is 0 Å². The topological polar surface area (TPSA) is 27.7 Å². The average Bonchev–Trinajstić information content (AvgIpc) is 3.19. The van der Waals surface area contributed by atoms with Crippen molar-refractivity contribution in [1.29, 1.82) is 0 Å². The first kappa shape index (κ1) is 17.2. The first-order chi connectivity index (χ1) is 11.4. The highest BCUT2D eigenvalue weighted by Gasteiger charge is 2.35. The second-order valence-electron chi connectivity index (χ2n) is 6.47. The zero-order chi connectivity index (χ0) is 17.2. The largest absolute Gasteiger partial charge is 0.573 e. The molecule has 0 amide bonds. The Hall–Kier alpha value is -1.66. The molecule has 0 N–H and O–H groups in total. The normalized spacial score (nSPS) is 18.7. The molecule has 0 radical (unpaired) electrons. The second-order valence-corrected chi connectivity index (χ2v) is 6.47. The van der Waals surface area contributed by atoms with Crippen molar-refractivity contribution in [2.45, 2.75) is 44.9 Å². The van der Waals surface area contributed by atoms with Crippen molar-refractivity contribution >= 4 is 0 Å². The van der Waals surface area contributed by atoms with Crippen LogP contribution >= 0.6 is 0 Å². The highest BCUT2D eigenvalue weighted by molar-refractivity contribution is 5.47. The van der Waals surface area contributed by atoms with E-state index >= 15 is 0 Å². The summed E-state index contributed by atoms with van der Waals surface area (Å²) in [4.78, 5) is 0. The summed E-state index contributed by atoms with van der Waals surface area (Å²) in [6, 6.07) is 2.58. The third-order valence-corrected chi connectivity index (χ3v) is 4.36. The highest BCUT2D eigenvalue weighted by atomic mass is 19.4. The molecule has 0 aliphatic heterocycles. The number of alkyl halides is 3. The fourth-order valence-corrected chi connectivity index (χ4v) is 2.83. The van der Waals surface area contributed by atoms with Crippen LogP contribution in [0.2, 0.25) is 0 Å². The third kappa shape index (κ3) is 4.68.